The number of hydrogen-bond acceptors (Lipinski definition) is 2. The second kappa shape index (κ2) is 5.30. The van der Waals surface area contributed by atoms with E-state index in [1.807, 2.05) is 10.7 Å². The number of nitrogens with one attached hydrogen (secondary N) is 1. The van der Waals surface area contributed by atoms with Gasteiger partial charge in [-0.3, -0.25) is 4.68 Å². The topological polar surface area (TPSA) is 29.9 Å². The van der Waals surface area contributed by atoms with E-state index in [4.69, 9.17) is 0 Å². The molecule has 2 rings (SSSR count). The van der Waals surface area contributed by atoms with Crippen LogP contribution in [0.1, 0.15) is 37.9 Å². The molecule has 1 aliphatic rings. The van der Waals surface area contributed by atoms with Crippen molar-refractivity contribution in [2.45, 2.75) is 44.9 Å². The molecule has 102 valence electrons. The van der Waals surface area contributed by atoms with E-state index in [-0.39, 0.29) is 19.0 Å². The minimum absolute atomic E-state index is 0.00218. The van der Waals surface area contributed by atoms with E-state index >= 15 is 0 Å². The third-order valence-corrected chi connectivity index (χ3v) is 3.42. The van der Waals surface area contributed by atoms with Crippen molar-refractivity contribution in [3.8, 4) is 0 Å². The van der Waals surface area contributed by atoms with E-state index in [0.717, 1.165) is 18.7 Å². The summed E-state index contributed by atoms with van der Waals surface area (Å²) in [6.45, 7) is 2.87. The van der Waals surface area contributed by atoms with Gasteiger partial charge in [-0.2, -0.15) is 18.3 Å². The molecule has 0 bridgehead atoms. The predicted octanol–water partition coefficient (Wildman–Crippen LogP) is 2.90. The lowest BCUT2D eigenvalue weighted by Crippen LogP contribution is -2.40. The number of piperidine rings is 1. The Balaban J connectivity index is 1.99. The van der Waals surface area contributed by atoms with Crippen molar-refractivity contribution in [1.29, 1.82) is 0 Å². The molecular formula is C12H18F3N3. The lowest BCUT2D eigenvalue weighted by Gasteiger charge is -2.31. The van der Waals surface area contributed by atoms with Crippen LogP contribution in [0.4, 0.5) is 13.2 Å². The van der Waals surface area contributed by atoms with E-state index in [2.05, 4.69) is 17.3 Å². The fourth-order valence-corrected chi connectivity index (χ4v) is 2.43. The van der Waals surface area contributed by atoms with Gasteiger partial charge in [0.15, 0.2) is 0 Å². The van der Waals surface area contributed by atoms with Gasteiger partial charge in [-0.05, 0) is 25.3 Å². The first-order chi connectivity index (χ1) is 8.52. The molecule has 0 spiro atoms. The van der Waals surface area contributed by atoms with E-state index < -0.39 is 12.1 Å². The van der Waals surface area contributed by atoms with Crippen LogP contribution in [-0.2, 0) is 6.54 Å². The standard InChI is InChI=1S/C12H18F3N3/c1-2-7-18-11(5-6-17-18)10-4-3-9(8-16-10)12(13,14)15/h5-6,9-10,16H,2-4,7-8H2,1H3. The highest BCUT2D eigenvalue weighted by Crippen LogP contribution is 2.35. The molecule has 0 amide bonds. The van der Waals surface area contributed by atoms with Crippen LogP contribution in [0.3, 0.4) is 0 Å². The minimum Gasteiger partial charge on any atom is -0.308 e. The average Bonchev–Trinajstić information content (AvgIpc) is 2.77. The quantitative estimate of drug-likeness (QED) is 0.906. The van der Waals surface area contributed by atoms with Crippen molar-refractivity contribution in [2.24, 2.45) is 5.92 Å². The van der Waals surface area contributed by atoms with Crippen LogP contribution in [0.2, 0.25) is 0 Å². The Kier molecular flexibility index (Phi) is 3.94. The zero-order chi connectivity index (χ0) is 13.2. The van der Waals surface area contributed by atoms with Gasteiger partial charge in [0.1, 0.15) is 0 Å². The van der Waals surface area contributed by atoms with Gasteiger partial charge in [0, 0.05) is 25.3 Å². The lowest BCUT2D eigenvalue weighted by molar-refractivity contribution is -0.179. The SMILES string of the molecule is CCCn1nccc1C1CCC(C(F)(F)F)CN1. The first kappa shape index (κ1) is 13.4. The Morgan fingerprint density at radius 2 is 2.22 bits per heavy atom. The summed E-state index contributed by atoms with van der Waals surface area (Å²) in [7, 11) is 0. The van der Waals surface area contributed by atoms with E-state index in [1.165, 1.54) is 0 Å². The molecule has 2 atom stereocenters. The molecule has 3 nitrogen and oxygen atoms in total. The molecule has 1 saturated heterocycles. The monoisotopic (exact) mass is 261 g/mol. The number of hydrogen-bond donors (Lipinski definition) is 1. The second-order valence-electron chi connectivity index (χ2n) is 4.76. The summed E-state index contributed by atoms with van der Waals surface area (Å²) in [6.07, 6.45) is -0.700. The Morgan fingerprint density at radius 1 is 1.44 bits per heavy atom. The smallest absolute Gasteiger partial charge is 0.308 e. The van der Waals surface area contributed by atoms with Crippen molar-refractivity contribution in [3.63, 3.8) is 0 Å². The fraction of sp³-hybridized carbons (Fsp3) is 0.750. The van der Waals surface area contributed by atoms with E-state index in [9.17, 15) is 13.2 Å². The maximum atomic E-state index is 12.6. The van der Waals surface area contributed by atoms with Gasteiger partial charge in [-0.15, -0.1) is 0 Å². The molecule has 2 heterocycles. The van der Waals surface area contributed by atoms with Gasteiger partial charge < -0.3 is 5.32 Å². The summed E-state index contributed by atoms with van der Waals surface area (Å²) in [5.41, 5.74) is 0.998. The highest BCUT2D eigenvalue weighted by molar-refractivity contribution is 5.08. The zero-order valence-corrected chi connectivity index (χ0v) is 10.4. The van der Waals surface area contributed by atoms with Gasteiger partial charge in [0.2, 0.25) is 0 Å². The van der Waals surface area contributed by atoms with Gasteiger partial charge in [-0.1, -0.05) is 6.92 Å². The Bertz CT molecular complexity index is 378. The highest BCUT2D eigenvalue weighted by atomic mass is 19.4. The lowest BCUT2D eigenvalue weighted by atomic mass is 9.93. The van der Waals surface area contributed by atoms with Crippen LogP contribution >= 0.6 is 0 Å². The Morgan fingerprint density at radius 3 is 2.78 bits per heavy atom. The Labute approximate surface area is 104 Å². The summed E-state index contributed by atoms with van der Waals surface area (Å²) < 4.78 is 39.5. The van der Waals surface area contributed by atoms with E-state index in [1.54, 1.807) is 6.20 Å². The maximum absolute atomic E-state index is 12.6. The number of halogens is 3. The van der Waals surface area contributed by atoms with Gasteiger partial charge >= 0.3 is 6.18 Å². The molecule has 18 heavy (non-hydrogen) atoms. The van der Waals surface area contributed by atoms with Gasteiger partial charge in [0.05, 0.1) is 11.6 Å². The zero-order valence-electron chi connectivity index (χ0n) is 10.4. The van der Waals surface area contributed by atoms with Crippen molar-refractivity contribution in [2.75, 3.05) is 6.54 Å². The first-order valence-electron chi connectivity index (χ1n) is 6.34. The normalized spacial score (nSPS) is 25.3. The molecule has 1 N–H and O–H groups in total. The number of aryl methyl sites for hydroxylation is 1. The van der Waals surface area contributed by atoms with Gasteiger partial charge in [-0.25, -0.2) is 0 Å². The third-order valence-electron chi connectivity index (χ3n) is 3.42. The molecule has 0 aromatic carbocycles. The first-order valence-corrected chi connectivity index (χ1v) is 6.34. The van der Waals surface area contributed by atoms with Crippen molar-refractivity contribution in [1.82, 2.24) is 15.1 Å². The van der Waals surface area contributed by atoms with Crippen LogP contribution in [0.5, 0.6) is 0 Å². The number of alkyl halides is 3. The van der Waals surface area contributed by atoms with Crippen LogP contribution in [-0.4, -0.2) is 22.5 Å². The molecule has 1 aliphatic heterocycles. The molecule has 6 heteroatoms. The van der Waals surface area contributed by atoms with Crippen LogP contribution in [0.15, 0.2) is 12.3 Å². The largest absolute Gasteiger partial charge is 0.393 e. The fourth-order valence-electron chi connectivity index (χ4n) is 2.43. The summed E-state index contributed by atoms with van der Waals surface area (Å²) in [6, 6.07) is 1.89. The molecule has 0 radical (unpaired) electrons. The number of rotatable bonds is 3. The summed E-state index contributed by atoms with van der Waals surface area (Å²) >= 11 is 0. The molecule has 0 aliphatic carbocycles. The molecule has 0 saturated carbocycles. The molecule has 1 fully saturated rings. The van der Waals surface area contributed by atoms with Crippen LogP contribution in [0, 0.1) is 5.92 Å². The average molecular weight is 261 g/mol. The molecule has 1 aromatic heterocycles. The minimum atomic E-state index is -4.08. The van der Waals surface area contributed by atoms with Crippen molar-refractivity contribution >= 4 is 0 Å². The predicted molar refractivity (Wildman–Crippen MR) is 62.0 cm³/mol. The Hall–Kier alpha value is -1.04. The van der Waals surface area contributed by atoms with E-state index in [0.29, 0.717) is 6.42 Å². The number of nitrogens with zero attached hydrogens (tertiary/aromatic N) is 2. The van der Waals surface area contributed by atoms with Gasteiger partial charge in [0.25, 0.3) is 0 Å². The highest BCUT2D eigenvalue weighted by Gasteiger charge is 2.41. The third kappa shape index (κ3) is 2.85. The van der Waals surface area contributed by atoms with Crippen LogP contribution in [0.25, 0.3) is 0 Å². The maximum Gasteiger partial charge on any atom is 0.393 e. The van der Waals surface area contributed by atoms with Crippen molar-refractivity contribution in [3.05, 3.63) is 18.0 Å². The number of aromatic nitrogens is 2. The van der Waals surface area contributed by atoms with Crippen LogP contribution < -0.4 is 5.32 Å². The summed E-state index contributed by atoms with van der Waals surface area (Å²) in [5, 5.41) is 7.20. The summed E-state index contributed by atoms with van der Waals surface area (Å²) in [4.78, 5) is 0. The van der Waals surface area contributed by atoms with Crippen molar-refractivity contribution < 1.29 is 13.2 Å². The molecular weight excluding hydrogens is 243 g/mol. The second-order valence-corrected chi connectivity index (χ2v) is 4.76. The molecule has 2 unspecified atom stereocenters. The molecule has 1 aromatic rings. The summed E-state index contributed by atoms with van der Waals surface area (Å²) in [5.74, 6) is -1.21.